The molecule has 0 aliphatic heterocycles. The Bertz CT molecular complexity index is 120. The Labute approximate surface area is 107 Å². The highest BCUT2D eigenvalue weighted by molar-refractivity contribution is 14.1. The van der Waals surface area contributed by atoms with E-state index in [0.29, 0.717) is 11.0 Å². The molecular weight excluding hydrogens is 349 g/mol. The lowest BCUT2D eigenvalue weighted by molar-refractivity contribution is -0.141. The first-order valence-electron chi connectivity index (χ1n) is 3.68. The number of alkyl halides is 4. The van der Waals surface area contributed by atoms with Gasteiger partial charge in [0.05, 0.1) is 0 Å². The SMILES string of the molecule is CCCCC(=O)OCI.ClC(Cl)Cl. The van der Waals surface area contributed by atoms with E-state index < -0.39 is 4.30 Å². The van der Waals surface area contributed by atoms with Crippen LogP contribution in [0.4, 0.5) is 0 Å². The van der Waals surface area contributed by atoms with E-state index in [1.807, 2.05) is 22.6 Å². The van der Waals surface area contributed by atoms with Gasteiger partial charge in [0, 0.05) is 6.42 Å². The van der Waals surface area contributed by atoms with E-state index in [1.165, 1.54) is 0 Å². The molecule has 0 aromatic carbocycles. The largest absolute Gasteiger partial charge is 0.455 e. The molecule has 0 amide bonds. The van der Waals surface area contributed by atoms with Crippen LogP contribution in [-0.4, -0.2) is 14.9 Å². The van der Waals surface area contributed by atoms with Crippen molar-refractivity contribution in [2.24, 2.45) is 0 Å². The number of carbonyl (C=O) groups excluding carboxylic acids is 1. The number of unbranched alkanes of at least 4 members (excludes halogenated alkanes) is 1. The van der Waals surface area contributed by atoms with Gasteiger partial charge >= 0.3 is 5.97 Å². The first-order valence-corrected chi connectivity index (χ1v) is 6.51. The van der Waals surface area contributed by atoms with Crippen LogP contribution in [0.3, 0.4) is 0 Å². The second kappa shape index (κ2) is 13.1. The minimum Gasteiger partial charge on any atom is -0.455 e. The van der Waals surface area contributed by atoms with E-state index in [1.54, 1.807) is 0 Å². The first kappa shape index (κ1) is 16.5. The number of hydrogen-bond acceptors (Lipinski definition) is 2. The number of esters is 1. The Morgan fingerprint density at radius 2 is 1.92 bits per heavy atom. The fourth-order valence-electron chi connectivity index (χ4n) is 0.454. The standard InChI is InChI=1S/C6H11IO2.CHCl3/c1-2-3-4-6(8)9-5-7;2-1(3)4/h2-5H2,1H3;1H. The summed E-state index contributed by atoms with van der Waals surface area (Å²) in [4.78, 5) is 10.6. The summed E-state index contributed by atoms with van der Waals surface area (Å²) >= 11 is 16.4. The molecule has 0 spiro atoms. The summed E-state index contributed by atoms with van der Waals surface area (Å²) < 4.78 is 4.41. The van der Waals surface area contributed by atoms with Crippen molar-refractivity contribution in [3.8, 4) is 0 Å². The van der Waals surface area contributed by atoms with Crippen LogP contribution in [0.15, 0.2) is 0 Å². The Morgan fingerprint density at radius 3 is 2.23 bits per heavy atom. The first-order chi connectivity index (χ1) is 6.04. The number of hydrogen-bond donors (Lipinski definition) is 0. The van der Waals surface area contributed by atoms with Gasteiger partial charge in [0.2, 0.25) is 0 Å². The molecule has 80 valence electrons. The topological polar surface area (TPSA) is 26.3 Å². The van der Waals surface area contributed by atoms with Crippen LogP contribution in [0, 0.1) is 0 Å². The third-order valence-electron chi connectivity index (χ3n) is 0.950. The predicted molar refractivity (Wildman–Crippen MR) is 65.9 cm³/mol. The monoisotopic (exact) mass is 360 g/mol. The van der Waals surface area contributed by atoms with Crippen molar-refractivity contribution in [1.82, 2.24) is 0 Å². The molecule has 0 rings (SSSR count). The average molecular weight is 361 g/mol. The molecule has 0 N–H and O–H groups in total. The number of ether oxygens (including phenoxy) is 1. The van der Waals surface area contributed by atoms with Gasteiger partial charge in [-0.1, -0.05) is 48.1 Å². The highest BCUT2D eigenvalue weighted by Gasteiger charge is 1.97. The summed E-state index contributed by atoms with van der Waals surface area (Å²) in [5, 5.41) is 0. The van der Waals surface area contributed by atoms with Crippen LogP contribution < -0.4 is 0 Å². The maximum atomic E-state index is 10.6. The van der Waals surface area contributed by atoms with Crippen molar-refractivity contribution in [1.29, 1.82) is 0 Å². The van der Waals surface area contributed by atoms with Crippen molar-refractivity contribution in [3.05, 3.63) is 0 Å². The highest BCUT2D eigenvalue weighted by Crippen LogP contribution is 2.03. The Morgan fingerprint density at radius 1 is 1.46 bits per heavy atom. The van der Waals surface area contributed by atoms with Gasteiger partial charge in [-0.05, 0) is 29.0 Å². The fourth-order valence-corrected chi connectivity index (χ4v) is 0.801. The molecule has 0 saturated heterocycles. The molecule has 0 atom stereocenters. The van der Waals surface area contributed by atoms with Gasteiger partial charge in [0.1, 0.15) is 4.61 Å². The van der Waals surface area contributed by atoms with Crippen LogP contribution in [0.2, 0.25) is 0 Å². The Balaban J connectivity index is 0. The normalized spacial score (nSPS) is 9.08. The fraction of sp³-hybridized carbons (Fsp3) is 0.857. The van der Waals surface area contributed by atoms with Crippen LogP contribution in [-0.2, 0) is 9.53 Å². The van der Waals surface area contributed by atoms with Gasteiger partial charge < -0.3 is 4.74 Å². The van der Waals surface area contributed by atoms with Crippen LogP contribution >= 0.6 is 57.4 Å². The van der Waals surface area contributed by atoms with Gasteiger partial charge in [0.15, 0.2) is 4.30 Å². The molecule has 0 bridgehead atoms. The summed E-state index contributed by atoms with van der Waals surface area (Å²) in [7, 11) is 0. The van der Waals surface area contributed by atoms with Crippen LogP contribution in [0.25, 0.3) is 0 Å². The van der Waals surface area contributed by atoms with Gasteiger partial charge in [-0.15, -0.1) is 0 Å². The minimum absolute atomic E-state index is 0.0775. The third-order valence-corrected chi connectivity index (χ3v) is 1.26. The minimum atomic E-state index is -0.750. The second-order valence-corrected chi connectivity index (χ2v) is 4.58. The molecule has 0 unspecified atom stereocenters. The van der Waals surface area contributed by atoms with Gasteiger partial charge in [0.25, 0.3) is 0 Å². The van der Waals surface area contributed by atoms with E-state index in [0.717, 1.165) is 12.8 Å². The van der Waals surface area contributed by atoms with Gasteiger partial charge in [-0.3, -0.25) is 4.79 Å². The smallest absolute Gasteiger partial charge is 0.306 e. The number of rotatable bonds is 4. The summed E-state index contributed by atoms with van der Waals surface area (Å²) in [6.07, 6.45) is 2.56. The van der Waals surface area contributed by atoms with Crippen molar-refractivity contribution in [2.75, 3.05) is 4.61 Å². The van der Waals surface area contributed by atoms with E-state index >= 15 is 0 Å². The zero-order valence-electron chi connectivity index (χ0n) is 7.23. The van der Waals surface area contributed by atoms with Gasteiger partial charge in [-0.25, -0.2) is 0 Å². The maximum Gasteiger partial charge on any atom is 0.306 e. The second-order valence-electron chi connectivity index (χ2n) is 1.98. The maximum absolute atomic E-state index is 10.6. The summed E-state index contributed by atoms with van der Waals surface area (Å²) in [5.41, 5.74) is 0. The summed E-state index contributed by atoms with van der Waals surface area (Å²) in [6.45, 7) is 2.05. The molecule has 0 radical (unpaired) electrons. The van der Waals surface area contributed by atoms with E-state index in [4.69, 9.17) is 39.5 Å². The molecule has 2 nitrogen and oxygen atoms in total. The lowest BCUT2D eigenvalue weighted by Gasteiger charge is -1.97. The third kappa shape index (κ3) is 24.6. The summed E-state index contributed by atoms with van der Waals surface area (Å²) in [5.74, 6) is -0.0775. The molecule has 0 saturated carbocycles. The number of halogens is 4. The zero-order valence-corrected chi connectivity index (χ0v) is 11.7. The van der Waals surface area contributed by atoms with E-state index in [2.05, 4.69) is 6.92 Å². The van der Waals surface area contributed by atoms with Gasteiger partial charge in [-0.2, -0.15) is 0 Å². The molecule has 0 heterocycles. The van der Waals surface area contributed by atoms with Crippen molar-refractivity contribution in [3.63, 3.8) is 0 Å². The molecule has 6 heteroatoms. The lowest BCUT2D eigenvalue weighted by Crippen LogP contribution is -2.01. The van der Waals surface area contributed by atoms with Crippen molar-refractivity contribution in [2.45, 2.75) is 30.5 Å². The van der Waals surface area contributed by atoms with Crippen LogP contribution in [0.5, 0.6) is 0 Å². The Hall–Kier alpha value is 1.07. The molecule has 0 fully saturated rings. The molecule has 0 aromatic heterocycles. The van der Waals surface area contributed by atoms with E-state index in [9.17, 15) is 4.79 Å². The van der Waals surface area contributed by atoms with Crippen molar-refractivity contribution < 1.29 is 9.53 Å². The zero-order chi connectivity index (χ0) is 10.7. The van der Waals surface area contributed by atoms with Crippen LogP contribution in [0.1, 0.15) is 26.2 Å². The highest BCUT2D eigenvalue weighted by atomic mass is 127. The summed E-state index contributed by atoms with van der Waals surface area (Å²) in [6, 6.07) is 0. The number of carbonyl (C=O) groups is 1. The Kier molecular flexibility index (Phi) is 16.6. The molecule has 0 aromatic rings. The quantitative estimate of drug-likeness (QED) is 0.428. The lowest BCUT2D eigenvalue weighted by atomic mass is 10.3. The molecule has 0 aliphatic rings. The van der Waals surface area contributed by atoms with E-state index in [-0.39, 0.29) is 5.97 Å². The molecule has 13 heavy (non-hydrogen) atoms. The molecule has 0 aliphatic carbocycles. The predicted octanol–water partition coefficient (Wildman–Crippen LogP) is 4.10. The van der Waals surface area contributed by atoms with Crippen molar-refractivity contribution >= 4 is 63.4 Å². The average Bonchev–Trinajstić information content (AvgIpc) is 2.00. The molecular formula is C7H12Cl3IO2.